The van der Waals surface area contributed by atoms with Crippen molar-refractivity contribution in [3.05, 3.63) is 0 Å². The normalized spacial score (nSPS) is 33.7. The zero-order chi connectivity index (χ0) is 9.97. The Balaban J connectivity index is 1.75. The molecule has 2 atom stereocenters. The van der Waals surface area contributed by atoms with E-state index in [0.29, 0.717) is 6.04 Å². The van der Waals surface area contributed by atoms with Crippen molar-refractivity contribution in [2.24, 2.45) is 5.92 Å². The average molecular weight is 197 g/mol. The number of rotatable bonds is 3. The largest absolute Gasteiger partial charge is 0.480 e. The fourth-order valence-corrected chi connectivity index (χ4v) is 2.85. The maximum atomic E-state index is 10.7. The van der Waals surface area contributed by atoms with Crippen LogP contribution in [-0.2, 0) is 4.79 Å². The van der Waals surface area contributed by atoms with Crippen molar-refractivity contribution in [2.75, 3.05) is 0 Å². The van der Waals surface area contributed by atoms with Crippen molar-refractivity contribution in [3.63, 3.8) is 0 Å². The first-order valence-electron chi connectivity index (χ1n) is 5.74. The number of carbonyl (C=O) groups is 1. The van der Waals surface area contributed by atoms with Gasteiger partial charge in [0.25, 0.3) is 0 Å². The molecular weight excluding hydrogens is 178 g/mol. The van der Waals surface area contributed by atoms with E-state index in [9.17, 15) is 4.79 Å². The zero-order valence-electron chi connectivity index (χ0n) is 8.54. The van der Waals surface area contributed by atoms with Crippen LogP contribution in [0.25, 0.3) is 0 Å². The molecule has 1 aliphatic heterocycles. The van der Waals surface area contributed by atoms with Crippen LogP contribution in [0.1, 0.15) is 44.9 Å². The Kier molecular flexibility index (Phi) is 3.06. The third kappa shape index (κ3) is 2.27. The molecule has 0 amide bonds. The summed E-state index contributed by atoms with van der Waals surface area (Å²) in [5.41, 5.74) is 0. The Morgan fingerprint density at radius 1 is 1.21 bits per heavy atom. The number of nitrogens with one attached hydrogen (secondary N) is 1. The van der Waals surface area contributed by atoms with Crippen LogP contribution in [0.2, 0.25) is 0 Å². The maximum absolute atomic E-state index is 10.7. The van der Waals surface area contributed by atoms with Crippen LogP contribution < -0.4 is 5.32 Å². The Morgan fingerprint density at radius 2 is 1.93 bits per heavy atom. The molecule has 0 aromatic rings. The van der Waals surface area contributed by atoms with Crippen molar-refractivity contribution >= 4 is 5.97 Å². The summed E-state index contributed by atoms with van der Waals surface area (Å²) in [6, 6.07) is 0.195. The van der Waals surface area contributed by atoms with E-state index in [-0.39, 0.29) is 6.04 Å². The van der Waals surface area contributed by atoms with Crippen LogP contribution in [-0.4, -0.2) is 23.2 Å². The van der Waals surface area contributed by atoms with E-state index in [4.69, 9.17) is 5.11 Å². The molecule has 80 valence electrons. The third-order valence-electron chi connectivity index (χ3n) is 3.63. The lowest BCUT2D eigenvalue weighted by atomic mass is 9.98. The number of carboxylic acid groups (broad SMARTS) is 1. The second-order valence-corrected chi connectivity index (χ2v) is 4.72. The summed E-state index contributed by atoms with van der Waals surface area (Å²) in [6.07, 6.45) is 8.52. The fourth-order valence-electron chi connectivity index (χ4n) is 2.85. The molecule has 1 heterocycles. The molecule has 1 aliphatic carbocycles. The van der Waals surface area contributed by atoms with Crippen molar-refractivity contribution in [1.82, 2.24) is 5.32 Å². The lowest BCUT2D eigenvalue weighted by Gasteiger charge is -2.16. The minimum absolute atomic E-state index is 0.276. The standard InChI is InChI=1S/C11H19NO2/c13-11(14)10-6-5-9(12-10)7-8-3-1-2-4-8/h8-10,12H,1-7H2,(H,13,14). The molecule has 14 heavy (non-hydrogen) atoms. The summed E-state index contributed by atoms with van der Waals surface area (Å²) in [5.74, 6) is 0.180. The van der Waals surface area contributed by atoms with E-state index in [2.05, 4.69) is 5.32 Å². The molecule has 0 bridgehead atoms. The summed E-state index contributed by atoms with van der Waals surface area (Å²) >= 11 is 0. The van der Waals surface area contributed by atoms with Gasteiger partial charge in [0.2, 0.25) is 0 Å². The topological polar surface area (TPSA) is 49.3 Å². The number of hydrogen-bond donors (Lipinski definition) is 2. The van der Waals surface area contributed by atoms with E-state index < -0.39 is 5.97 Å². The van der Waals surface area contributed by atoms with E-state index in [1.54, 1.807) is 0 Å². The molecule has 2 unspecified atom stereocenters. The van der Waals surface area contributed by atoms with Gasteiger partial charge in [0.1, 0.15) is 6.04 Å². The second-order valence-electron chi connectivity index (χ2n) is 4.72. The average Bonchev–Trinajstić information content (AvgIpc) is 2.75. The van der Waals surface area contributed by atoms with Crippen LogP contribution in [0.15, 0.2) is 0 Å². The van der Waals surface area contributed by atoms with Crippen molar-refractivity contribution in [3.8, 4) is 0 Å². The lowest BCUT2D eigenvalue weighted by molar-refractivity contribution is -0.139. The van der Waals surface area contributed by atoms with Crippen LogP contribution in [0, 0.1) is 5.92 Å². The Bertz CT molecular complexity index is 211. The van der Waals surface area contributed by atoms with Crippen LogP contribution >= 0.6 is 0 Å². The maximum Gasteiger partial charge on any atom is 0.320 e. The summed E-state index contributed by atoms with van der Waals surface area (Å²) in [7, 11) is 0. The highest BCUT2D eigenvalue weighted by molar-refractivity contribution is 5.73. The predicted molar refractivity (Wildman–Crippen MR) is 54.2 cm³/mol. The summed E-state index contributed by atoms with van der Waals surface area (Å²) in [6.45, 7) is 0. The SMILES string of the molecule is O=C(O)C1CCC(CC2CCCC2)N1. The highest BCUT2D eigenvalue weighted by Gasteiger charge is 2.30. The van der Waals surface area contributed by atoms with Crippen LogP contribution in [0.4, 0.5) is 0 Å². The first-order valence-corrected chi connectivity index (χ1v) is 5.74. The Morgan fingerprint density at radius 3 is 2.50 bits per heavy atom. The molecule has 0 aromatic heterocycles. The fraction of sp³-hybridized carbons (Fsp3) is 0.909. The van der Waals surface area contributed by atoms with Crippen LogP contribution in [0.5, 0.6) is 0 Å². The van der Waals surface area contributed by atoms with Crippen molar-refractivity contribution < 1.29 is 9.90 Å². The monoisotopic (exact) mass is 197 g/mol. The third-order valence-corrected chi connectivity index (χ3v) is 3.63. The first-order chi connectivity index (χ1) is 6.75. The van der Waals surface area contributed by atoms with Gasteiger partial charge in [-0.2, -0.15) is 0 Å². The lowest BCUT2D eigenvalue weighted by Crippen LogP contribution is -2.36. The van der Waals surface area contributed by atoms with Gasteiger partial charge < -0.3 is 10.4 Å². The van der Waals surface area contributed by atoms with Gasteiger partial charge >= 0.3 is 5.97 Å². The zero-order valence-corrected chi connectivity index (χ0v) is 8.54. The van der Waals surface area contributed by atoms with E-state index >= 15 is 0 Å². The number of hydrogen-bond acceptors (Lipinski definition) is 2. The van der Waals surface area contributed by atoms with Gasteiger partial charge in [-0.15, -0.1) is 0 Å². The molecule has 3 heteroatoms. The quantitative estimate of drug-likeness (QED) is 0.725. The van der Waals surface area contributed by atoms with Gasteiger partial charge in [-0.25, -0.2) is 0 Å². The molecule has 3 nitrogen and oxygen atoms in total. The molecule has 2 N–H and O–H groups in total. The van der Waals surface area contributed by atoms with Gasteiger partial charge in [-0.1, -0.05) is 25.7 Å². The highest BCUT2D eigenvalue weighted by Crippen LogP contribution is 2.31. The van der Waals surface area contributed by atoms with Gasteiger partial charge in [0, 0.05) is 6.04 Å². The van der Waals surface area contributed by atoms with Gasteiger partial charge in [-0.05, 0) is 25.2 Å². The summed E-state index contributed by atoms with van der Waals surface area (Å²) in [4.78, 5) is 10.7. The predicted octanol–water partition coefficient (Wildman–Crippen LogP) is 1.77. The molecule has 2 rings (SSSR count). The van der Waals surface area contributed by atoms with Gasteiger partial charge in [0.05, 0.1) is 0 Å². The number of carboxylic acids is 1. The summed E-state index contributed by atoms with van der Waals surface area (Å²) < 4.78 is 0. The van der Waals surface area contributed by atoms with Crippen LogP contribution in [0.3, 0.4) is 0 Å². The van der Waals surface area contributed by atoms with Crippen molar-refractivity contribution in [2.45, 2.75) is 57.0 Å². The van der Waals surface area contributed by atoms with Crippen molar-refractivity contribution in [1.29, 1.82) is 0 Å². The van der Waals surface area contributed by atoms with E-state index in [1.807, 2.05) is 0 Å². The number of aliphatic carboxylic acids is 1. The molecule has 2 aliphatic rings. The molecule has 2 fully saturated rings. The molecule has 0 radical (unpaired) electrons. The molecule has 0 aromatic carbocycles. The van der Waals surface area contributed by atoms with E-state index in [0.717, 1.165) is 18.8 Å². The van der Waals surface area contributed by atoms with E-state index in [1.165, 1.54) is 32.1 Å². The molecule has 1 saturated carbocycles. The molecule has 1 saturated heterocycles. The van der Waals surface area contributed by atoms with Gasteiger partial charge in [-0.3, -0.25) is 4.79 Å². The Labute approximate surface area is 84.9 Å². The van der Waals surface area contributed by atoms with Gasteiger partial charge in [0.15, 0.2) is 0 Å². The minimum Gasteiger partial charge on any atom is -0.480 e. The highest BCUT2D eigenvalue weighted by atomic mass is 16.4. The molecular formula is C11H19NO2. The smallest absolute Gasteiger partial charge is 0.320 e. The molecule has 0 spiro atoms. The first kappa shape index (κ1) is 9.97. The summed E-state index contributed by atoms with van der Waals surface area (Å²) in [5, 5.41) is 12.0. The minimum atomic E-state index is -0.682. The second kappa shape index (κ2) is 4.30. The Hall–Kier alpha value is -0.570.